The molecule has 0 aliphatic heterocycles. The summed E-state index contributed by atoms with van der Waals surface area (Å²) in [5.74, 6) is 0.694. The molecular weight excluding hydrogens is 396 g/mol. The molecule has 0 saturated heterocycles. The number of benzene rings is 2. The number of anilines is 1. The molecule has 0 aliphatic rings. The Labute approximate surface area is 181 Å². The smallest absolute Gasteiger partial charge is 0.322 e. The number of carbonyl (C=O) groups excluding carboxylic acids is 2. The van der Waals surface area contributed by atoms with Crippen molar-refractivity contribution < 1.29 is 19.4 Å². The fourth-order valence-electron chi connectivity index (χ4n) is 3.32. The molecule has 3 rings (SSSR count). The van der Waals surface area contributed by atoms with Gasteiger partial charge in [-0.1, -0.05) is 18.2 Å². The van der Waals surface area contributed by atoms with Crippen LogP contribution in [-0.4, -0.2) is 65.8 Å². The fraction of sp³-hybridized carbons (Fsp3) is 0.304. The molecule has 0 bridgehead atoms. The average Bonchev–Trinajstić information content (AvgIpc) is 3.15. The largest absolute Gasteiger partial charge is 0.496 e. The molecule has 0 unspecified atom stereocenters. The first-order valence-electron chi connectivity index (χ1n) is 10.0. The summed E-state index contributed by atoms with van der Waals surface area (Å²) in [5.41, 5.74) is 2.40. The van der Waals surface area contributed by atoms with Gasteiger partial charge in [-0.3, -0.25) is 4.79 Å². The lowest BCUT2D eigenvalue weighted by Crippen LogP contribution is -2.36. The molecule has 164 valence electrons. The number of hydrogen-bond donors (Lipinski definition) is 2. The maximum atomic E-state index is 12.9. The second-order valence-electron chi connectivity index (χ2n) is 7.39. The van der Waals surface area contributed by atoms with E-state index < -0.39 is 0 Å². The zero-order valence-electron chi connectivity index (χ0n) is 18.0. The number of nitrogens with one attached hydrogen (secondary N) is 1. The first kappa shape index (κ1) is 22.2. The highest BCUT2D eigenvalue weighted by molar-refractivity contribution is 5.93. The topological polar surface area (TPSA) is 87.0 Å². The lowest BCUT2D eigenvalue weighted by molar-refractivity contribution is -0.129. The van der Waals surface area contributed by atoms with Gasteiger partial charge in [0.2, 0.25) is 5.91 Å². The van der Waals surface area contributed by atoms with E-state index in [-0.39, 0.29) is 31.6 Å². The van der Waals surface area contributed by atoms with Gasteiger partial charge in [0, 0.05) is 49.0 Å². The summed E-state index contributed by atoms with van der Waals surface area (Å²) in [6, 6.07) is 14.6. The molecule has 0 saturated carbocycles. The van der Waals surface area contributed by atoms with E-state index in [2.05, 4.69) is 5.32 Å². The Bertz CT molecular complexity index is 1060. The summed E-state index contributed by atoms with van der Waals surface area (Å²) in [6.45, 7) is 0.604. The van der Waals surface area contributed by atoms with Crippen LogP contribution in [0.3, 0.4) is 0 Å². The van der Waals surface area contributed by atoms with E-state index in [0.29, 0.717) is 18.0 Å². The predicted molar refractivity (Wildman–Crippen MR) is 120 cm³/mol. The monoisotopic (exact) mass is 424 g/mol. The van der Waals surface area contributed by atoms with Crippen LogP contribution in [0.5, 0.6) is 5.75 Å². The van der Waals surface area contributed by atoms with Crippen molar-refractivity contribution in [1.29, 1.82) is 0 Å². The normalized spacial score (nSPS) is 10.7. The Balaban J connectivity index is 1.75. The molecule has 2 aromatic carbocycles. The van der Waals surface area contributed by atoms with E-state index in [9.17, 15) is 14.7 Å². The number of rotatable bonds is 8. The highest BCUT2D eigenvalue weighted by Crippen LogP contribution is 2.22. The summed E-state index contributed by atoms with van der Waals surface area (Å²) in [5, 5.41) is 13.2. The minimum Gasteiger partial charge on any atom is -0.496 e. The molecular formula is C23H28N4O4. The van der Waals surface area contributed by atoms with Gasteiger partial charge in [0.15, 0.2) is 0 Å². The van der Waals surface area contributed by atoms with E-state index in [0.717, 1.165) is 16.5 Å². The predicted octanol–water partition coefficient (Wildman–Crippen LogP) is 2.76. The van der Waals surface area contributed by atoms with Crippen LogP contribution in [0.2, 0.25) is 0 Å². The molecule has 0 aliphatic carbocycles. The molecule has 31 heavy (non-hydrogen) atoms. The van der Waals surface area contributed by atoms with E-state index >= 15 is 0 Å². The zero-order chi connectivity index (χ0) is 22.4. The molecule has 8 heteroatoms. The van der Waals surface area contributed by atoms with Crippen LogP contribution in [0.4, 0.5) is 10.5 Å². The van der Waals surface area contributed by atoms with Crippen LogP contribution in [0, 0.1) is 0 Å². The van der Waals surface area contributed by atoms with Crippen molar-refractivity contribution in [2.45, 2.75) is 13.1 Å². The SMILES string of the molecule is COc1ccccc1CN(CCO)C(=O)Nc1ccc2c(ccn2CC(=O)N(C)C)c1. The van der Waals surface area contributed by atoms with Crippen molar-refractivity contribution in [2.75, 3.05) is 39.7 Å². The third-order valence-corrected chi connectivity index (χ3v) is 5.04. The summed E-state index contributed by atoms with van der Waals surface area (Å²) in [4.78, 5) is 28.0. The number of para-hydroxylation sites is 1. The Morgan fingerprint density at radius 3 is 2.61 bits per heavy atom. The molecule has 3 amide bonds. The first-order valence-corrected chi connectivity index (χ1v) is 10.0. The zero-order valence-corrected chi connectivity index (χ0v) is 18.0. The van der Waals surface area contributed by atoms with E-state index in [1.54, 1.807) is 32.2 Å². The van der Waals surface area contributed by atoms with Gasteiger partial charge in [-0.05, 0) is 30.3 Å². The number of methoxy groups -OCH3 is 1. The number of aromatic nitrogens is 1. The highest BCUT2D eigenvalue weighted by Gasteiger charge is 2.16. The van der Waals surface area contributed by atoms with Crippen molar-refractivity contribution in [3.05, 3.63) is 60.3 Å². The number of amides is 3. The molecule has 0 spiro atoms. The maximum Gasteiger partial charge on any atom is 0.322 e. The molecule has 2 N–H and O–H groups in total. The van der Waals surface area contributed by atoms with Gasteiger partial charge in [-0.2, -0.15) is 0 Å². The number of aliphatic hydroxyl groups is 1. The number of ether oxygens (including phenoxy) is 1. The van der Waals surface area contributed by atoms with E-state index in [4.69, 9.17) is 4.74 Å². The van der Waals surface area contributed by atoms with Crippen LogP contribution in [-0.2, 0) is 17.9 Å². The summed E-state index contributed by atoms with van der Waals surface area (Å²) in [6.07, 6.45) is 1.86. The lowest BCUT2D eigenvalue weighted by Gasteiger charge is -2.23. The summed E-state index contributed by atoms with van der Waals surface area (Å²) >= 11 is 0. The number of fused-ring (bicyclic) bond motifs is 1. The molecule has 8 nitrogen and oxygen atoms in total. The Morgan fingerprint density at radius 1 is 1.13 bits per heavy atom. The van der Waals surface area contributed by atoms with Crippen LogP contribution >= 0.6 is 0 Å². The van der Waals surface area contributed by atoms with Crippen LogP contribution in [0.15, 0.2) is 54.7 Å². The molecule has 3 aromatic rings. The first-order chi connectivity index (χ1) is 14.9. The van der Waals surface area contributed by atoms with E-state index in [1.165, 1.54) is 4.90 Å². The van der Waals surface area contributed by atoms with Gasteiger partial charge in [-0.15, -0.1) is 0 Å². The molecule has 0 atom stereocenters. The summed E-state index contributed by atoms with van der Waals surface area (Å²) < 4.78 is 7.24. The van der Waals surface area contributed by atoms with Crippen molar-refractivity contribution in [1.82, 2.24) is 14.4 Å². The number of urea groups is 1. The minimum absolute atomic E-state index is 0.00543. The third kappa shape index (κ3) is 5.35. The van der Waals surface area contributed by atoms with Gasteiger partial charge in [0.25, 0.3) is 0 Å². The van der Waals surface area contributed by atoms with Gasteiger partial charge < -0.3 is 29.5 Å². The standard InChI is InChI=1S/C23H28N4O4/c1-25(2)22(29)16-26-11-10-17-14-19(8-9-20(17)26)24-23(30)27(12-13-28)15-18-6-4-5-7-21(18)31-3/h4-11,14,28H,12-13,15-16H2,1-3H3,(H,24,30). The van der Waals surface area contributed by atoms with Gasteiger partial charge in [-0.25, -0.2) is 4.79 Å². The molecule has 0 fully saturated rings. The molecule has 1 aromatic heterocycles. The minimum atomic E-state index is -0.318. The van der Waals surface area contributed by atoms with Crippen molar-refractivity contribution >= 4 is 28.5 Å². The highest BCUT2D eigenvalue weighted by atomic mass is 16.5. The Hall–Kier alpha value is -3.52. The van der Waals surface area contributed by atoms with Crippen LogP contribution in [0.1, 0.15) is 5.56 Å². The van der Waals surface area contributed by atoms with Gasteiger partial charge in [0.1, 0.15) is 12.3 Å². The summed E-state index contributed by atoms with van der Waals surface area (Å²) in [7, 11) is 5.04. The van der Waals surface area contributed by atoms with Crippen molar-refractivity contribution in [3.8, 4) is 5.75 Å². The number of likely N-dealkylation sites (N-methyl/N-ethyl adjacent to an activating group) is 1. The number of carbonyl (C=O) groups is 2. The Kier molecular flexibility index (Phi) is 7.15. The Morgan fingerprint density at radius 2 is 1.90 bits per heavy atom. The third-order valence-electron chi connectivity index (χ3n) is 5.04. The quantitative estimate of drug-likeness (QED) is 0.582. The van der Waals surface area contributed by atoms with E-state index in [1.807, 2.05) is 53.2 Å². The van der Waals surface area contributed by atoms with Crippen molar-refractivity contribution in [2.24, 2.45) is 0 Å². The molecule has 0 radical (unpaired) electrons. The van der Waals surface area contributed by atoms with Gasteiger partial charge in [0.05, 0.1) is 20.3 Å². The number of aliphatic hydroxyl groups excluding tert-OH is 1. The maximum absolute atomic E-state index is 12.9. The number of nitrogens with zero attached hydrogens (tertiary/aromatic N) is 3. The van der Waals surface area contributed by atoms with Crippen molar-refractivity contribution in [3.63, 3.8) is 0 Å². The van der Waals surface area contributed by atoms with Crippen LogP contribution < -0.4 is 10.1 Å². The molecule has 1 heterocycles. The van der Waals surface area contributed by atoms with Crippen LogP contribution in [0.25, 0.3) is 10.9 Å². The second-order valence-corrected chi connectivity index (χ2v) is 7.39. The second kappa shape index (κ2) is 9.99. The fourth-order valence-corrected chi connectivity index (χ4v) is 3.32. The lowest BCUT2D eigenvalue weighted by atomic mass is 10.2. The van der Waals surface area contributed by atoms with Gasteiger partial charge >= 0.3 is 6.03 Å². The number of hydrogen-bond acceptors (Lipinski definition) is 4. The average molecular weight is 425 g/mol.